The first-order valence-electron chi connectivity index (χ1n) is 8.08. The van der Waals surface area contributed by atoms with Gasteiger partial charge in [0.2, 0.25) is 0 Å². The van der Waals surface area contributed by atoms with Crippen molar-refractivity contribution in [2.75, 3.05) is 26.9 Å². The highest BCUT2D eigenvalue weighted by atomic mass is 16.5. The highest BCUT2D eigenvalue weighted by Gasteiger charge is 2.44. The van der Waals surface area contributed by atoms with Crippen LogP contribution in [0.25, 0.3) is 0 Å². The Kier molecular flexibility index (Phi) is 5.67. The summed E-state index contributed by atoms with van der Waals surface area (Å²) in [4.78, 5) is 0. The van der Waals surface area contributed by atoms with Gasteiger partial charge in [0.1, 0.15) is 0 Å². The molecule has 19 heavy (non-hydrogen) atoms. The molecule has 0 radical (unpaired) electrons. The number of nitrogens with one attached hydrogen (secondary N) is 1. The number of hydrogen-bond donors (Lipinski definition) is 1. The summed E-state index contributed by atoms with van der Waals surface area (Å²) in [6.45, 7) is 7.33. The molecule has 1 aliphatic heterocycles. The fourth-order valence-electron chi connectivity index (χ4n) is 4.14. The summed E-state index contributed by atoms with van der Waals surface area (Å²) in [6, 6.07) is 0.495. The molecule has 0 aromatic carbocycles. The lowest BCUT2D eigenvalue weighted by Crippen LogP contribution is -2.58. The third-order valence-electron chi connectivity index (χ3n) is 5.18. The molecule has 0 bridgehead atoms. The van der Waals surface area contributed by atoms with E-state index in [9.17, 15) is 0 Å². The molecule has 3 unspecified atom stereocenters. The standard InChI is InChI=1S/C16H31NO2/c1-4-17-15(14-7-5-6-13(2)12-14)16(18-3)8-10-19-11-9-16/h13-15,17H,4-12H2,1-3H3. The van der Waals surface area contributed by atoms with E-state index >= 15 is 0 Å². The molecule has 2 fully saturated rings. The van der Waals surface area contributed by atoms with E-state index in [4.69, 9.17) is 9.47 Å². The van der Waals surface area contributed by atoms with E-state index in [0.29, 0.717) is 6.04 Å². The van der Waals surface area contributed by atoms with Crippen LogP contribution in [-0.2, 0) is 9.47 Å². The molecule has 1 heterocycles. The second kappa shape index (κ2) is 7.05. The minimum absolute atomic E-state index is 0.00398. The lowest BCUT2D eigenvalue weighted by molar-refractivity contribution is -0.124. The molecule has 1 saturated heterocycles. The van der Waals surface area contributed by atoms with Crippen LogP contribution in [-0.4, -0.2) is 38.5 Å². The van der Waals surface area contributed by atoms with Crippen molar-refractivity contribution in [3.8, 4) is 0 Å². The van der Waals surface area contributed by atoms with Gasteiger partial charge in [-0.1, -0.05) is 26.7 Å². The molecule has 1 N–H and O–H groups in total. The molecule has 3 heteroatoms. The Labute approximate surface area is 118 Å². The first kappa shape index (κ1) is 15.3. The van der Waals surface area contributed by atoms with Crippen LogP contribution in [0.3, 0.4) is 0 Å². The van der Waals surface area contributed by atoms with Crippen molar-refractivity contribution < 1.29 is 9.47 Å². The van der Waals surface area contributed by atoms with Gasteiger partial charge in [0.15, 0.2) is 0 Å². The van der Waals surface area contributed by atoms with Crippen LogP contribution in [0.1, 0.15) is 52.4 Å². The molecule has 0 amide bonds. The molecular weight excluding hydrogens is 238 g/mol. The Bertz CT molecular complexity index is 263. The molecular formula is C16H31NO2. The van der Waals surface area contributed by atoms with Crippen LogP contribution in [0, 0.1) is 11.8 Å². The maximum Gasteiger partial charge on any atom is 0.0877 e. The summed E-state index contributed by atoms with van der Waals surface area (Å²) in [5.41, 5.74) is -0.00398. The van der Waals surface area contributed by atoms with Gasteiger partial charge < -0.3 is 14.8 Å². The first-order chi connectivity index (χ1) is 9.22. The molecule has 0 spiro atoms. The van der Waals surface area contributed by atoms with Crippen molar-refractivity contribution in [1.82, 2.24) is 5.32 Å². The summed E-state index contributed by atoms with van der Waals surface area (Å²) in [5, 5.41) is 3.75. The van der Waals surface area contributed by atoms with Gasteiger partial charge in [0, 0.05) is 39.2 Å². The van der Waals surface area contributed by atoms with Gasteiger partial charge in [0.05, 0.1) is 5.60 Å². The van der Waals surface area contributed by atoms with E-state index in [-0.39, 0.29) is 5.60 Å². The van der Waals surface area contributed by atoms with Gasteiger partial charge >= 0.3 is 0 Å². The topological polar surface area (TPSA) is 30.5 Å². The van der Waals surface area contributed by atoms with Crippen molar-refractivity contribution >= 4 is 0 Å². The highest BCUT2D eigenvalue weighted by molar-refractivity contribution is 4.99. The number of methoxy groups -OCH3 is 1. The third kappa shape index (κ3) is 3.50. The van der Waals surface area contributed by atoms with Crippen LogP contribution < -0.4 is 5.32 Å². The number of rotatable bonds is 5. The Morgan fingerprint density at radius 1 is 1.32 bits per heavy atom. The maximum atomic E-state index is 6.04. The number of likely N-dealkylation sites (N-methyl/N-ethyl adjacent to an activating group) is 1. The molecule has 3 nitrogen and oxygen atoms in total. The number of hydrogen-bond acceptors (Lipinski definition) is 3. The van der Waals surface area contributed by atoms with Crippen molar-refractivity contribution in [1.29, 1.82) is 0 Å². The van der Waals surface area contributed by atoms with Crippen molar-refractivity contribution in [2.24, 2.45) is 11.8 Å². The van der Waals surface area contributed by atoms with Crippen molar-refractivity contribution in [2.45, 2.75) is 64.0 Å². The largest absolute Gasteiger partial charge is 0.381 e. The van der Waals surface area contributed by atoms with Crippen LogP contribution in [0.2, 0.25) is 0 Å². The molecule has 3 atom stereocenters. The zero-order valence-corrected chi connectivity index (χ0v) is 12.9. The molecule has 1 saturated carbocycles. The van der Waals surface area contributed by atoms with Gasteiger partial charge in [-0.05, 0) is 31.2 Å². The average molecular weight is 269 g/mol. The van der Waals surface area contributed by atoms with Gasteiger partial charge in [-0.25, -0.2) is 0 Å². The third-order valence-corrected chi connectivity index (χ3v) is 5.18. The van der Waals surface area contributed by atoms with Gasteiger partial charge in [-0.2, -0.15) is 0 Å². The van der Waals surface area contributed by atoms with Crippen molar-refractivity contribution in [3.63, 3.8) is 0 Å². The molecule has 0 aromatic rings. The summed E-state index contributed by atoms with van der Waals surface area (Å²) < 4.78 is 11.6. The molecule has 2 aliphatic rings. The highest BCUT2D eigenvalue weighted by Crippen LogP contribution is 2.39. The zero-order valence-electron chi connectivity index (χ0n) is 12.9. The van der Waals surface area contributed by atoms with Crippen LogP contribution in [0.5, 0.6) is 0 Å². The molecule has 112 valence electrons. The van der Waals surface area contributed by atoms with E-state index in [1.165, 1.54) is 25.7 Å². The van der Waals surface area contributed by atoms with Crippen LogP contribution in [0.4, 0.5) is 0 Å². The van der Waals surface area contributed by atoms with Gasteiger partial charge in [-0.15, -0.1) is 0 Å². The van der Waals surface area contributed by atoms with Gasteiger partial charge in [0.25, 0.3) is 0 Å². The van der Waals surface area contributed by atoms with Crippen molar-refractivity contribution in [3.05, 3.63) is 0 Å². The predicted molar refractivity (Wildman–Crippen MR) is 78.4 cm³/mol. The lowest BCUT2D eigenvalue weighted by Gasteiger charge is -2.47. The van der Waals surface area contributed by atoms with E-state index in [1.54, 1.807) is 0 Å². The zero-order chi connectivity index (χ0) is 13.7. The normalized spacial score (nSPS) is 33.0. The Balaban J connectivity index is 2.12. The summed E-state index contributed by atoms with van der Waals surface area (Å²) >= 11 is 0. The minimum Gasteiger partial charge on any atom is -0.381 e. The number of ether oxygens (including phenoxy) is 2. The second-order valence-corrected chi connectivity index (χ2v) is 6.45. The van der Waals surface area contributed by atoms with E-state index in [2.05, 4.69) is 19.2 Å². The SMILES string of the molecule is CCNC(C1CCCC(C)C1)C1(OC)CCOCC1. The summed E-state index contributed by atoms with van der Waals surface area (Å²) in [7, 11) is 1.89. The quantitative estimate of drug-likeness (QED) is 0.832. The molecule has 2 rings (SSSR count). The summed E-state index contributed by atoms with van der Waals surface area (Å²) in [5.74, 6) is 1.63. The van der Waals surface area contributed by atoms with Crippen LogP contribution >= 0.6 is 0 Å². The fourth-order valence-corrected chi connectivity index (χ4v) is 4.14. The van der Waals surface area contributed by atoms with E-state index in [0.717, 1.165) is 44.4 Å². The molecule has 0 aromatic heterocycles. The Hall–Kier alpha value is -0.120. The van der Waals surface area contributed by atoms with Crippen LogP contribution in [0.15, 0.2) is 0 Å². The van der Waals surface area contributed by atoms with E-state index in [1.807, 2.05) is 7.11 Å². The molecule has 1 aliphatic carbocycles. The second-order valence-electron chi connectivity index (χ2n) is 6.45. The fraction of sp³-hybridized carbons (Fsp3) is 1.00. The Morgan fingerprint density at radius 3 is 2.63 bits per heavy atom. The monoisotopic (exact) mass is 269 g/mol. The Morgan fingerprint density at radius 2 is 2.05 bits per heavy atom. The summed E-state index contributed by atoms with van der Waals surface area (Å²) in [6.07, 6.45) is 7.55. The van der Waals surface area contributed by atoms with Gasteiger partial charge in [-0.3, -0.25) is 0 Å². The smallest absolute Gasteiger partial charge is 0.0877 e. The minimum atomic E-state index is -0.00398. The maximum absolute atomic E-state index is 6.04. The average Bonchev–Trinajstić information content (AvgIpc) is 2.45. The lowest BCUT2D eigenvalue weighted by atomic mass is 9.71. The predicted octanol–water partition coefficient (Wildman–Crippen LogP) is 2.99. The van der Waals surface area contributed by atoms with E-state index < -0.39 is 0 Å². The first-order valence-corrected chi connectivity index (χ1v) is 8.08.